The molecule has 1 aromatic heterocycles. The minimum Gasteiger partial charge on any atom is -0.392 e. The Morgan fingerprint density at radius 1 is 1.56 bits per heavy atom. The van der Waals surface area contributed by atoms with Gasteiger partial charge >= 0.3 is 6.36 Å². The van der Waals surface area contributed by atoms with Crippen LogP contribution in [0.5, 0.6) is 0 Å². The van der Waals surface area contributed by atoms with E-state index in [0.29, 0.717) is 0 Å². The highest BCUT2D eigenvalue weighted by Gasteiger charge is 2.28. The van der Waals surface area contributed by atoms with Gasteiger partial charge in [-0.3, -0.25) is 14.1 Å². The number of rotatable bonds is 3. The van der Waals surface area contributed by atoms with Crippen LogP contribution in [0.1, 0.15) is 0 Å². The molecule has 0 spiro atoms. The Balaban J connectivity index is 2.69. The van der Waals surface area contributed by atoms with E-state index >= 15 is 0 Å². The SMILES string of the molecule is Nc1c(Cl)ncn(CCOC(F)(F)F)c1=O. The van der Waals surface area contributed by atoms with Gasteiger partial charge in [-0.1, -0.05) is 11.6 Å². The molecular weight excluding hydrogens is 251 g/mol. The van der Waals surface area contributed by atoms with Gasteiger partial charge in [-0.05, 0) is 0 Å². The average Bonchev–Trinajstić information content (AvgIpc) is 2.16. The van der Waals surface area contributed by atoms with Gasteiger partial charge in [-0.25, -0.2) is 4.98 Å². The highest BCUT2D eigenvalue weighted by atomic mass is 35.5. The van der Waals surface area contributed by atoms with Crippen LogP contribution in [0.25, 0.3) is 0 Å². The summed E-state index contributed by atoms with van der Waals surface area (Å²) < 4.78 is 39.3. The fourth-order valence-electron chi connectivity index (χ4n) is 0.904. The Kier molecular flexibility index (Phi) is 3.76. The van der Waals surface area contributed by atoms with E-state index in [2.05, 4.69) is 9.72 Å². The van der Waals surface area contributed by atoms with Gasteiger partial charge in [-0.15, -0.1) is 13.2 Å². The zero-order valence-corrected chi connectivity index (χ0v) is 8.55. The molecule has 1 aromatic rings. The summed E-state index contributed by atoms with van der Waals surface area (Å²) in [6.07, 6.45) is -3.73. The Hall–Kier alpha value is -1.28. The predicted molar refractivity (Wildman–Crippen MR) is 49.9 cm³/mol. The summed E-state index contributed by atoms with van der Waals surface area (Å²) in [5, 5.41) is -0.182. The third kappa shape index (κ3) is 3.38. The number of aromatic nitrogens is 2. The number of nitrogens with two attached hydrogens (primary N) is 1. The zero-order chi connectivity index (χ0) is 12.3. The summed E-state index contributed by atoms with van der Waals surface area (Å²) in [6, 6.07) is 0. The van der Waals surface area contributed by atoms with E-state index in [-0.39, 0.29) is 17.4 Å². The van der Waals surface area contributed by atoms with Gasteiger partial charge in [0.2, 0.25) is 0 Å². The molecule has 90 valence electrons. The second-order valence-electron chi connectivity index (χ2n) is 2.74. The lowest BCUT2D eigenvalue weighted by atomic mass is 10.5. The first-order valence-electron chi connectivity index (χ1n) is 4.02. The average molecular weight is 258 g/mol. The van der Waals surface area contributed by atoms with E-state index in [1.54, 1.807) is 0 Å². The first kappa shape index (κ1) is 12.8. The summed E-state index contributed by atoms with van der Waals surface area (Å²) in [4.78, 5) is 14.8. The highest BCUT2D eigenvalue weighted by Crippen LogP contribution is 2.15. The van der Waals surface area contributed by atoms with Gasteiger partial charge in [-0.2, -0.15) is 0 Å². The molecular formula is C7H7ClF3N3O2. The molecule has 0 aliphatic heterocycles. The van der Waals surface area contributed by atoms with Crippen LogP contribution in [-0.4, -0.2) is 22.5 Å². The molecule has 0 amide bonds. The molecule has 0 saturated carbocycles. The predicted octanol–water partition coefficient (Wildman–Crippen LogP) is 1.02. The number of hydrogen-bond donors (Lipinski definition) is 1. The number of halogens is 4. The van der Waals surface area contributed by atoms with Crippen LogP contribution in [0.2, 0.25) is 5.15 Å². The first-order chi connectivity index (χ1) is 7.31. The third-order valence-electron chi connectivity index (χ3n) is 1.62. The molecule has 1 heterocycles. The number of alkyl halides is 3. The smallest absolute Gasteiger partial charge is 0.392 e. The van der Waals surface area contributed by atoms with Crippen LogP contribution in [0.15, 0.2) is 11.1 Å². The molecule has 9 heteroatoms. The number of nitrogens with zero attached hydrogens (tertiary/aromatic N) is 2. The van der Waals surface area contributed by atoms with Crippen molar-refractivity contribution in [1.29, 1.82) is 0 Å². The molecule has 0 fully saturated rings. The molecule has 16 heavy (non-hydrogen) atoms. The Morgan fingerprint density at radius 3 is 2.75 bits per heavy atom. The fourth-order valence-corrected chi connectivity index (χ4v) is 1.03. The zero-order valence-electron chi connectivity index (χ0n) is 7.79. The fraction of sp³-hybridized carbons (Fsp3) is 0.429. The second kappa shape index (κ2) is 4.71. The molecule has 5 nitrogen and oxygen atoms in total. The molecule has 0 aromatic carbocycles. The van der Waals surface area contributed by atoms with E-state index in [9.17, 15) is 18.0 Å². The van der Waals surface area contributed by atoms with Crippen molar-refractivity contribution in [3.05, 3.63) is 21.8 Å². The van der Waals surface area contributed by atoms with Gasteiger partial charge in [0.05, 0.1) is 19.5 Å². The van der Waals surface area contributed by atoms with Crippen LogP contribution in [0, 0.1) is 0 Å². The van der Waals surface area contributed by atoms with E-state index < -0.39 is 18.5 Å². The number of nitrogen functional groups attached to an aromatic ring is 1. The second-order valence-corrected chi connectivity index (χ2v) is 3.10. The largest absolute Gasteiger partial charge is 0.522 e. The van der Waals surface area contributed by atoms with Crippen molar-refractivity contribution in [3.63, 3.8) is 0 Å². The lowest BCUT2D eigenvalue weighted by Gasteiger charge is -2.09. The quantitative estimate of drug-likeness (QED) is 0.821. The molecule has 0 atom stereocenters. The van der Waals surface area contributed by atoms with Crippen LogP contribution in [0.3, 0.4) is 0 Å². The van der Waals surface area contributed by atoms with E-state index in [0.717, 1.165) is 10.9 Å². The molecule has 0 bridgehead atoms. The maximum atomic E-state index is 11.6. The minimum atomic E-state index is -4.73. The summed E-state index contributed by atoms with van der Waals surface area (Å²) in [5.74, 6) is 0. The van der Waals surface area contributed by atoms with Gasteiger partial charge in [0.25, 0.3) is 5.56 Å². The lowest BCUT2D eigenvalue weighted by Crippen LogP contribution is -2.27. The number of ether oxygens (including phenoxy) is 1. The molecule has 0 aliphatic carbocycles. The summed E-state index contributed by atoms with van der Waals surface area (Å²) in [6.45, 7) is -1.02. The maximum absolute atomic E-state index is 11.6. The lowest BCUT2D eigenvalue weighted by molar-refractivity contribution is -0.325. The van der Waals surface area contributed by atoms with Crippen molar-refractivity contribution < 1.29 is 17.9 Å². The van der Waals surface area contributed by atoms with Gasteiger partial charge in [0, 0.05) is 0 Å². The van der Waals surface area contributed by atoms with Crippen LogP contribution in [0.4, 0.5) is 18.9 Å². The van der Waals surface area contributed by atoms with Gasteiger partial charge in [0.15, 0.2) is 5.15 Å². The molecule has 0 unspecified atom stereocenters. The molecule has 2 N–H and O–H groups in total. The monoisotopic (exact) mass is 257 g/mol. The van der Waals surface area contributed by atoms with Crippen LogP contribution in [-0.2, 0) is 11.3 Å². The van der Waals surface area contributed by atoms with Crippen molar-refractivity contribution in [2.24, 2.45) is 0 Å². The molecule has 0 radical (unpaired) electrons. The minimum absolute atomic E-state index is 0.182. The number of anilines is 1. The Morgan fingerprint density at radius 2 is 2.19 bits per heavy atom. The topological polar surface area (TPSA) is 70.1 Å². The third-order valence-corrected chi connectivity index (χ3v) is 1.92. The molecule has 0 saturated heterocycles. The van der Waals surface area contributed by atoms with Gasteiger partial charge in [0.1, 0.15) is 5.69 Å². The van der Waals surface area contributed by atoms with Gasteiger partial charge < -0.3 is 5.73 Å². The van der Waals surface area contributed by atoms with Crippen molar-refractivity contribution in [2.75, 3.05) is 12.3 Å². The summed E-state index contributed by atoms with van der Waals surface area (Å²) in [7, 11) is 0. The first-order valence-corrected chi connectivity index (χ1v) is 4.40. The summed E-state index contributed by atoms with van der Waals surface area (Å²) in [5.41, 5.74) is 4.24. The normalized spacial score (nSPS) is 11.8. The number of hydrogen-bond acceptors (Lipinski definition) is 4. The van der Waals surface area contributed by atoms with Crippen LogP contribution < -0.4 is 11.3 Å². The Labute approximate surface area is 92.6 Å². The van der Waals surface area contributed by atoms with Crippen molar-refractivity contribution in [3.8, 4) is 0 Å². The summed E-state index contributed by atoms with van der Waals surface area (Å²) >= 11 is 5.43. The molecule has 1 rings (SSSR count). The van der Waals surface area contributed by atoms with E-state index in [1.807, 2.05) is 0 Å². The van der Waals surface area contributed by atoms with Crippen molar-refractivity contribution in [1.82, 2.24) is 9.55 Å². The Bertz CT molecular complexity index is 432. The highest BCUT2D eigenvalue weighted by molar-refractivity contribution is 6.31. The van der Waals surface area contributed by atoms with E-state index in [1.165, 1.54) is 0 Å². The molecule has 0 aliphatic rings. The maximum Gasteiger partial charge on any atom is 0.522 e. The van der Waals surface area contributed by atoms with Crippen LogP contribution >= 0.6 is 11.6 Å². The van der Waals surface area contributed by atoms with Crippen molar-refractivity contribution >= 4 is 17.3 Å². The standard InChI is InChI=1S/C7H7ClF3N3O2/c8-5-4(12)6(15)14(3-13-5)1-2-16-7(9,10)11/h3H,1-2,12H2. The van der Waals surface area contributed by atoms with Crippen molar-refractivity contribution in [2.45, 2.75) is 12.9 Å². The van der Waals surface area contributed by atoms with E-state index in [4.69, 9.17) is 17.3 Å².